The molecule has 3 aromatic rings. The van der Waals surface area contributed by atoms with Crippen LogP contribution in [0.1, 0.15) is 21.9 Å². The highest BCUT2D eigenvalue weighted by molar-refractivity contribution is 5.91. The van der Waals surface area contributed by atoms with Crippen molar-refractivity contribution in [3.05, 3.63) is 83.8 Å². The van der Waals surface area contributed by atoms with Crippen LogP contribution in [0.4, 0.5) is 4.39 Å². The van der Waals surface area contributed by atoms with Crippen molar-refractivity contribution in [2.75, 3.05) is 7.05 Å². The van der Waals surface area contributed by atoms with Gasteiger partial charge in [0.1, 0.15) is 23.9 Å². The average Bonchev–Trinajstić information content (AvgIpc) is 3.10. The highest BCUT2D eigenvalue weighted by Gasteiger charge is 2.16. The Bertz CT molecular complexity index is 831. The van der Waals surface area contributed by atoms with Crippen LogP contribution < -0.4 is 4.74 Å². The molecule has 1 aromatic carbocycles. The molecule has 0 aliphatic carbocycles. The molecule has 25 heavy (non-hydrogen) atoms. The number of amides is 1. The molecule has 6 heteroatoms. The molecule has 0 radical (unpaired) electrons. The molecule has 2 aromatic heterocycles. The van der Waals surface area contributed by atoms with Gasteiger partial charge in [-0.3, -0.25) is 9.78 Å². The largest absolute Gasteiger partial charge is 0.486 e. The van der Waals surface area contributed by atoms with Gasteiger partial charge >= 0.3 is 0 Å². The number of pyridine rings is 1. The molecule has 1 amide bonds. The molecule has 3 rings (SSSR count). The molecule has 2 heterocycles. The first kappa shape index (κ1) is 16.7. The van der Waals surface area contributed by atoms with Gasteiger partial charge in [0.25, 0.3) is 5.91 Å². The summed E-state index contributed by atoms with van der Waals surface area (Å²) in [5, 5.41) is 0. The highest BCUT2D eigenvalue weighted by Crippen LogP contribution is 2.16. The molecule has 0 spiro atoms. The second kappa shape index (κ2) is 7.61. The number of benzene rings is 1. The van der Waals surface area contributed by atoms with E-state index < -0.39 is 0 Å². The van der Waals surface area contributed by atoms with Crippen molar-refractivity contribution in [1.82, 2.24) is 9.88 Å². The van der Waals surface area contributed by atoms with Crippen molar-refractivity contribution in [3.8, 4) is 5.75 Å². The van der Waals surface area contributed by atoms with E-state index >= 15 is 0 Å². The maximum absolute atomic E-state index is 12.9. The maximum atomic E-state index is 12.9. The molecule has 128 valence electrons. The van der Waals surface area contributed by atoms with Crippen molar-refractivity contribution in [2.24, 2.45) is 0 Å². The summed E-state index contributed by atoms with van der Waals surface area (Å²) < 4.78 is 23.9. The topological polar surface area (TPSA) is 55.6 Å². The number of halogens is 1. The number of aromatic nitrogens is 1. The Morgan fingerprint density at radius 3 is 2.72 bits per heavy atom. The fourth-order valence-electron chi connectivity index (χ4n) is 2.28. The Morgan fingerprint density at radius 2 is 2.00 bits per heavy atom. The third-order valence-corrected chi connectivity index (χ3v) is 3.56. The van der Waals surface area contributed by atoms with E-state index in [1.165, 1.54) is 24.3 Å². The van der Waals surface area contributed by atoms with Gasteiger partial charge in [0.05, 0.1) is 0 Å². The molecule has 0 saturated heterocycles. The van der Waals surface area contributed by atoms with Crippen molar-refractivity contribution in [2.45, 2.75) is 13.2 Å². The number of ether oxygens (including phenoxy) is 1. The third-order valence-electron chi connectivity index (χ3n) is 3.56. The lowest BCUT2D eigenvalue weighted by molar-refractivity contribution is 0.0749. The molecule has 0 aliphatic rings. The number of nitrogens with zero attached hydrogens (tertiary/aromatic N) is 2. The molecule has 5 nitrogen and oxygen atoms in total. The Kier molecular flexibility index (Phi) is 5.09. The first-order valence-corrected chi connectivity index (χ1v) is 7.73. The van der Waals surface area contributed by atoms with Crippen LogP contribution in [-0.4, -0.2) is 22.8 Å². The number of rotatable bonds is 6. The minimum absolute atomic E-state index is 0.158. The zero-order valence-electron chi connectivity index (χ0n) is 13.7. The van der Waals surface area contributed by atoms with Crippen molar-refractivity contribution in [3.63, 3.8) is 0 Å². The minimum Gasteiger partial charge on any atom is -0.486 e. The lowest BCUT2D eigenvalue weighted by Gasteiger charge is -2.15. The monoisotopic (exact) mass is 340 g/mol. The normalized spacial score (nSPS) is 10.5. The van der Waals surface area contributed by atoms with Gasteiger partial charge in [-0.2, -0.15) is 0 Å². The zero-order valence-corrected chi connectivity index (χ0v) is 13.7. The molecular formula is C19H17FN2O3. The Balaban J connectivity index is 1.58. The van der Waals surface area contributed by atoms with E-state index in [1.807, 2.05) is 12.1 Å². The van der Waals surface area contributed by atoms with Gasteiger partial charge in [0, 0.05) is 26.0 Å². The van der Waals surface area contributed by atoms with E-state index in [-0.39, 0.29) is 24.1 Å². The van der Waals surface area contributed by atoms with Crippen LogP contribution in [0, 0.1) is 5.82 Å². The fraction of sp³-hybridized carbons (Fsp3) is 0.158. The molecule has 0 N–H and O–H groups in total. The number of hydrogen-bond acceptors (Lipinski definition) is 4. The zero-order chi connectivity index (χ0) is 17.6. The fourth-order valence-corrected chi connectivity index (χ4v) is 2.28. The van der Waals surface area contributed by atoms with Gasteiger partial charge in [0.2, 0.25) is 0 Å². The quantitative estimate of drug-likeness (QED) is 0.687. The van der Waals surface area contributed by atoms with E-state index in [4.69, 9.17) is 9.15 Å². The van der Waals surface area contributed by atoms with E-state index in [0.29, 0.717) is 18.1 Å². The SMILES string of the molecule is CN(Cc1cccnc1)C(=O)c1ccc(COc2ccc(F)cc2)o1. The van der Waals surface area contributed by atoms with Gasteiger partial charge in [0.15, 0.2) is 5.76 Å². The number of carbonyl (C=O) groups excluding carboxylic acids is 1. The minimum atomic E-state index is -0.324. The van der Waals surface area contributed by atoms with Crippen molar-refractivity contribution >= 4 is 5.91 Å². The number of carbonyl (C=O) groups is 1. The van der Waals surface area contributed by atoms with Crippen molar-refractivity contribution < 1.29 is 18.3 Å². The Hall–Kier alpha value is -3.15. The predicted molar refractivity (Wildman–Crippen MR) is 89.5 cm³/mol. The van der Waals surface area contributed by atoms with Crippen LogP contribution in [0.25, 0.3) is 0 Å². The van der Waals surface area contributed by atoms with E-state index in [1.54, 1.807) is 36.5 Å². The molecule has 0 atom stereocenters. The van der Waals surface area contributed by atoms with Gasteiger partial charge in [-0.05, 0) is 48.0 Å². The van der Waals surface area contributed by atoms with Crippen LogP contribution in [-0.2, 0) is 13.2 Å². The average molecular weight is 340 g/mol. The summed E-state index contributed by atoms with van der Waals surface area (Å²) in [6.45, 7) is 0.597. The first-order chi connectivity index (χ1) is 12.1. The Morgan fingerprint density at radius 1 is 1.20 bits per heavy atom. The second-order valence-corrected chi connectivity index (χ2v) is 5.53. The van der Waals surface area contributed by atoms with Crippen LogP contribution >= 0.6 is 0 Å². The van der Waals surface area contributed by atoms with Gasteiger partial charge < -0.3 is 14.1 Å². The molecule has 0 saturated carbocycles. The van der Waals surface area contributed by atoms with E-state index in [0.717, 1.165) is 5.56 Å². The molecular weight excluding hydrogens is 323 g/mol. The number of hydrogen-bond donors (Lipinski definition) is 0. The summed E-state index contributed by atoms with van der Waals surface area (Å²) >= 11 is 0. The van der Waals surface area contributed by atoms with E-state index in [9.17, 15) is 9.18 Å². The summed E-state index contributed by atoms with van der Waals surface area (Å²) in [6.07, 6.45) is 3.40. The van der Waals surface area contributed by atoms with Crippen molar-refractivity contribution in [1.29, 1.82) is 0 Å². The molecule has 0 bridgehead atoms. The molecule has 0 aliphatic heterocycles. The van der Waals surface area contributed by atoms with Crippen LogP contribution in [0.2, 0.25) is 0 Å². The lowest BCUT2D eigenvalue weighted by Crippen LogP contribution is -2.25. The summed E-state index contributed by atoms with van der Waals surface area (Å²) in [4.78, 5) is 18.0. The van der Waals surface area contributed by atoms with Crippen LogP contribution in [0.5, 0.6) is 5.75 Å². The smallest absolute Gasteiger partial charge is 0.289 e. The highest BCUT2D eigenvalue weighted by atomic mass is 19.1. The van der Waals surface area contributed by atoms with Gasteiger partial charge in [-0.25, -0.2) is 4.39 Å². The van der Waals surface area contributed by atoms with Gasteiger partial charge in [-0.15, -0.1) is 0 Å². The molecule has 0 unspecified atom stereocenters. The summed E-state index contributed by atoms with van der Waals surface area (Å²) in [6, 6.07) is 12.7. The maximum Gasteiger partial charge on any atom is 0.289 e. The summed E-state index contributed by atoms with van der Waals surface area (Å²) in [5.41, 5.74) is 0.935. The molecule has 0 fully saturated rings. The second-order valence-electron chi connectivity index (χ2n) is 5.53. The summed E-state index contributed by atoms with van der Waals surface area (Å²) in [5.74, 6) is 0.734. The van der Waals surface area contributed by atoms with Crippen LogP contribution in [0.3, 0.4) is 0 Å². The van der Waals surface area contributed by atoms with Crippen LogP contribution in [0.15, 0.2) is 65.3 Å². The lowest BCUT2D eigenvalue weighted by atomic mass is 10.2. The first-order valence-electron chi connectivity index (χ1n) is 7.73. The predicted octanol–water partition coefficient (Wildman–Crippen LogP) is 3.66. The van der Waals surface area contributed by atoms with Gasteiger partial charge in [-0.1, -0.05) is 6.07 Å². The Labute approximate surface area is 144 Å². The third kappa shape index (κ3) is 4.44. The standard InChI is InChI=1S/C19H17FN2O3/c1-22(12-14-3-2-10-21-11-14)19(23)18-9-8-17(25-18)13-24-16-6-4-15(20)5-7-16/h2-11H,12-13H2,1H3. The number of furan rings is 1. The van der Waals surface area contributed by atoms with E-state index in [2.05, 4.69) is 4.98 Å². The summed E-state index contributed by atoms with van der Waals surface area (Å²) in [7, 11) is 1.70.